The fourth-order valence-electron chi connectivity index (χ4n) is 3.88. The molecule has 1 saturated heterocycles. The smallest absolute Gasteiger partial charge is 0.226 e. The zero-order valence-corrected chi connectivity index (χ0v) is 20.2. The number of nitrogens with one attached hydrogen (secondary N) is 2. The topological polar surface area (TPSA) is 65.7 Å². The predicted octanol–water partition coefficient (Wildman–Crippen LogP) is 4.46. The molecular weight excluding hydrogens is 501 g/mol. The van der Waals surface area contributed by atoms with Crippen molar-refractivity contribution in [2.75, 3.05) is 26.7 Å². The van der Waals surface area contributed by atoms with Crippen LogP contribution in [0.5, 0.6) is 0 Å². The molecule has 4 rings (SSSR count). The van der Waals surface area contributed by atoms with Crippen molar-refractivity contribution in [1.29, 1.82) is 0 Å². The zero-order chi connectivity index (χ0) is 20.6. The van der Waals surface area contributed by atoms with E-state index in [1.807, 2.05) is 30.3 Å². The van der Waals surface area contributed by atoms with Crippen molar-refractivity contribution in [3.8, 4) is 11.5 Å². The molecule has 6 nitrogen and oxygen atoms in total. The molecule has 1 aromatic heterocycles. The SMILES string of the molecule is CN=C(NCc1coc(-c2ccccc2)n1)NCC(c1ccccc1)N1CCCC1.I. The van der Waals surface area contributed by atoms with Gasteiger partial charge in [0.05, 0.1) is 18.3 Å². The fraction of sp³-hybridized carbons (Fsp3) is 0.333. The molecule has 0 aliphatic carbocycles. The van der Waals surface area contributed by atoms with Gasteiger partial charge in [-0.3, -0.25) is 9.89 Å². The zero-order valence-electron chi connectivity index (χ0n) is 17.8. The van der Waals surface area contributed by atoms with Gasteiger partial charge in [-0.25, -0.2) is 4.98 Å². The monoisotopic (exact) mass is 531 g/mol. The molecule has 2 aromatic carbocycles. The van der Waals surface area contributed by atoms with Gasteiger partial charge in [-0.1, -0.05) is 48.5 Å². The van der Waals surface area contributed by atoms with E-state index in [1.54, 1.807) is 13.3 Å². The van der Waals surface area contributed by atoms with E-state index in [0.29, 0.717) is 18.5 Å². The fourth-order valence-corrected chi connectivity index (χ4v) is 3.88. The Labute approximate surface area is 201 Å². The van der Waals surface area contributed by atoms with Crippen LogP contribution in [-0.4, -0.2) is 42.5 Å². The predicted molar refractivity (Wildman–Crippen MR) is 136 cm³/mol. The maximum atomic E-state index is 5.62. The minimum Gasteiger partial charge on any atom is -0.444 e. The highest BCUT2D eigenvalue weighted by molar-refractivity contribution is 14.0. The van der Waals surface area contributed by atoms with Gasteiger partial charge in [-0.15, -0.1) is 24.0 Å². The van der Waals surface area contributed by atoms with E-state index >= 15 is 0 Å². The molecule has 2 N–H and O–H groups in total. The third-order valence-electron chi connectivity index (χ3n) is 5.46. The molecule has 0 radical (unpaired) electrons. The van der Waals surface area contributed by atoms with Crippen LogP contribution >= 0.6 is 24.0 Å². The van der Waals surface area contributed by atoms with Gasteiger partial charge in [0, 0.05) is 19.2 Å². The first-order chi connectivity index (χ1) is 14.8. The van der Waals surface area contributed by atoms with Crippen molar-refractivity contribution < 1.29 is 4.42 Å². The third-order valence-corrected chi connectivity index (χ3v) is 5.46. The molecule has 1 atom stereocenters. The molecule has 7 heteroatoms. The average Bonchev–Trinajstić information content (AvgIpc) is 3.50. The summed E-state index contributed by atoms with van der Waals surface area (Å²) in [4.78, 5) is 11.5. The van der Waals surface area contributed by atoms with Crippen molar-refractivity contribution in [2.45, 2.75) is 25.4 Å². The number of likely N-dealkylation sites (tertiary alicyclic amines) is 1. The molecule has 2 heterocycles. The maximum Gasteiger partial charge on any atom is 0.226 e. The van der Waals surface area contributed by atoms with E-state index in [1.165, 1.54) is 18.4 Å². The standard InChI is InChI=1S/C24H29N5O.HI/c1-25-24(26-16-21-18-30-23(28-21)20-12-6-3-7-13-20)27-17-22(29-14-8-9-15-29)19-10-4-2-5-11-19;/h2-7,10-13,18,22H,8-9,14-17H2,1H3,(H2,25,26,27);1H. The number of hydrogen-bond acceptors (Lipinski definition) is 4. The molecule has 1 aliphatic rings. The van der Waals surface area contributed by atoms with Crippen LogP contribution in [0, 0.1) is 0 Å². The summed E-state index contributed by atoms with van der Waals surface area (Å²) in [7, 11) is 1.79. The van der Waals surface area contributed by atoms with Gasteiger partial charge in [0.15, 0.2) is 5.96 Å². The molecule has 31 heavy (non-hydrogen) atoms. The normalized spacial score (nSPS) is 15.3. The van der Waals surface area contributed by atoms with Crippen molar-refractivity contribution in [2.24, 2.45) is 4.99 Å². The summed E-state index contributed by atoms with van der Waals surface area (Å²) in [5.74, 6) is 1.40. The Bertz CT molecular complexity index is 939. The Morgan fingerprint density at radius 1 is 1.03 bits per heavy atom. The Morgan fingerprint density at radius 2 is 1.71 bits per heavy atom. The van der Waals surface area contributed by atoms with Gasteiger partial charge >= 0.3 is 0 Å². The minimum atomic E-state index is 0. The average molecular weight is 531 g/mol. The molecular formula is C24H30IN5O. The van der Waals surface area contributed by atoms with Gasteiger partial charge in [0.1, 0.15) is 6.26 Å². The molecule has 1 aliphatic heterocycles. The Kier molecular flexibility index (Phi) is 8.90. The van der Waals surface area contributed by atoms with E-state index in [2.05, 4.69) is 55.8 Å². The first kappa shape index (κ1) is 23.3. The number of halogens is 1. The molecule has 0 bridgehead atoms. The van der Waals surface area contributed by atoms with Gasteiger partial charge in [0.25, 0.3) is 0 Å². The Balaban J connectivity index is 0.00000272. The summed E-state index contributed by atoms with van der Waals surface area (Å²) in [6.45, 7) is 3.65. The second kappa shape index (κ2) is 11.9. The van der Waals surface area contributed by atoms with Crippen molar-refractivity contribution >= 4 is 29.9 Å². The van der Waals surface area contributed by atoms with E-state index in [9.17, 15) is 0 Å². The number of benzene rings is 2. The largest absolute Gasteiger partial charge is 0.444 e. The summed E-state index contributed by atoms with van der Waals surface area (Å²) in [6, 6.07) is 21.0. The van der Waals surface area contributed by atoms with Crippen LogP contribution in [0.15, 0.2) is 76.3 Å². The summed E-state index contributed by atoms with van der Waals surface area (Å²) in [5, 5.41) is 6.84. The number of rotatable bonds is 7. The molecule has 3 aromatic rings. The van der Waals surface area contributed by atoms with Crippen molar-refractivity contribution in [1.82, 2.24) is 20.5 Å². The highest BCUT2D eigenvalue weighted by Crippen LogP contribution is 2.24. The van der Waals surface area contributed by atoms with E-state index in [-0.39, 0.29) is 24.0 Å². The van der Waals surface area contributed by atoms with E-state index in [4.69, 9.17) is 4.42 Å². The number of aliphatic imine (C=N–C) groups is 1. The molecule has 1 fully saturated rings. The quantitative estimate of drug-likeness (QED) is 0.268. The second-order valence-electron chi connectivity index (χ2n) is 7.49. The van der Waals surface area contributed by atoms with Crippen LogP contribution < -0.4 is 10.6 Å². The van der Waals surface area contributed by atoms with Crippen LogP contribution in [0.4, 0.5) is 0 Å². The summed E-state index contributed by atoms with van der Waals surface area (Å²) in [5.41, 5.74) is 3.16. The van der Waals surface area contributed by atoms with Gasteiger partial charge in [-0.2, -0.15) is 0 Å². The maximum absolute atomic E-state index is 5.62. The lowest BCUT2D eigenvalue weighted by molar-refractivity contribution is 0.245. The van der Waals surface area contributed by atoms with Crippen molar-refractivity contribution in [3.63, 3.8) is 0 Å². The highest BCUT2D eigenvalue weighted by atomic mass is 127. The van der Waals surface area contributed by atoms with Crippen LogP contribution in [0.1, 0.15) is 30.1 Å². The molecule has 164 valence electrons. The first-order valence-corrected chi connectivity index (χ1v) is 10.6. The number of aromatic nitrogens is 1. The first-order valence-electron chi connectivity index (χ1n) is 10.6. The lowest BCUT2D eigenvalue weighted by Gasteiger charge is -2.28. The third kappa shape index (κ3) is 6.30. The summed E-state index contributed by atoms with van der Waals surface area (Å²) in [6.07, 6.45) is 4.23. The Hall–Kier alpha value is -2.39. The molecule has 0 amide bonds. The van der Waals surface area contributed by atoms with E-state index in [0.717, 1.165) is 36.9 Å². The van der Waals surface area contributed by atoms with Crippen LogP contribution in [0.2, 0.25) is 0 Å². The number of hydrogen-bond donors (Lipinski definition) is 2. The summed E-state index contributed by atoms with van der Waals surface area (Å²) >= 11 is 0. The van der Waals surface area contributed by atoms with E-state index < -0.39 is 0 Å². The second-order valence-corrected chi connectivity index (χ2v) is 7.49. The minimum absolute atomic E-state index is 0. The van der Waals surface area contributed by atoms with Crippen LogP contribution in [0.3, 0.4) is 0 Å². The molecule has 0 saturated carbocycles. The number of guanidine groups is 1. The van der Waals surface area contributed by atoms with Gasteiger partial charge < -0.3 is 15.1 Å². The lowest BCUT2D eigenvalue weighted by Crippen LogP contribution is -2.42. The highest BCUT2D eigenvalue weighted by Gasteiger charge is 2.23. The van der Waals surface area contributed by atoms with Gasteiger partial charge in [0.2, 0.25) is 5.89 Å². The van der Waals surface area contributed by atoms with Crippen LogP contribution in [0.25, 0.3) is 11.5 Å². The van der Waals surface area contributed by atoms with Gasteiger partial charge in [-0.05, 0) is 43.6 Å². The van der Waals surface area contributed by atoms with Crippen molar-refractivity contribution in [3.05, 3.63) is 78.2 Å². The molecule has 1 unspecified atom stereocenters. The number of nitrogens with zero attached hydrogens (tertiary/aromatic N) is 3. The number of oxazole rings is 1. The Morgan fingerprint density at radius 3 is 2.39 bits per heavy atom. The lowest BCUT2D eigenvalue weighted by atomic mass is 10.1. The summed E-state index contributed by atoms with van der Waals surface area (Å²) < 4.78 is 5.62. The van der Waals surface area contributed by atoms with Crippen LogP contribution in [-0.2, 0) is 6.54 Å². The molecule has 0 spiro atoms.